The zero-order chi connectivity index (χ0) is 8.81. The Hall–Kier alpha value is -0.940. The largest absolute Gasteiger partial charge is 0.392 e. The van der Waals surface area contributed by atoms with Gasteiger partial charge in [-0.3, -0.25) is 4.68 Å². The molecule has 0 aromatic carbocycles. The minimum Gasteiger partial charge on any atom is -0.392 e. The number of hydrogen-bond acceptors (Lipinski definition) is 4. The summed E-state index contributed by atoms with van der Waals surface area (Å²) in [4.78, 5) is 3.80. The second-order valence-electron chi connectivity index (χ2n) is 2.66. The van der Waals surface area contributed by atoms with Crippen molar-refractivity contribution in [1.82, 2.24) is 20.1 Å². The van der Waals surface area contributed by atoms with E-state index >= 15 is 0 Å². The van der Waals surface area contributed by atoms with Crippen LogP contribution in [0.1, 0.15) is 6.42 Å². The van der Waals surface area contributed by atoms with Crippen LogP contribution in [0.5, 0.6) is 0 Å². The molecule has 1 unspecified atom stereocenters. The van der Waals surface area contributed by atoms with E-state index in [1.54, 1.807) is 11.0 Å². The van der Waals surface area contributed by atoms with Crippen LogP contribution in [0.2, 0.25) is 0 Å². The highest BCUT2D eigenvalue weighted by Crippen LogP contribution is 1.92. The first kappa shape index (κ1) is 9.15. The number of rotatable bonds is 5. The van der Waals surface area contributed by atoms with Crippen LogP contribution in [-0.2, 0) is 6.54 Å². The first-order valence-electron chi connectivity index (χ1n) is 3.98. The van der Waals surface area contributed by atoms with Gasteiger partial charge in [-0.15, -0.1) is 0 Å². The third-order valence-corrected chi connectivity index (χ3v) is 1.60. The summed E-state index contributed by atoms with van der Waals surface area (Å²) in [6, 6.07) is 0. The monoisotopic (exact) mass is 170 g/mol. The standard InChI is InChI=1S/C7H14N4O/c1-8-4-7(12)2-3-11-6-9-5-10-11/h5-8,12H,2-4H2,1H3. The summed E-state index contributed by atoms with van der Waals surface area (Å²) >= 11 is 0. The highest BCUT2D eigenvalue weighted by molar-refractivity contribution is 4.60. The Morgan fingerprint density at radius 2 is 2.50 bits per heavy atom. The summed E-state index contributed by atoms with van der Waals surface area (Å²) in [5.74, 6) is 0. The predicted molar refractivity (Wildman–Crippen MR) is 44.6 cm³/mol. The van der Waals surface area contributed by atoms with Crippen LogP contribution in [0.3, 0.4) is 0 Å². The maximum atomic E-state index is 9.32. The highest BCUT2D eigenvalue weighted by Gasteiger charge is 2.02. The summed E-state index contributed by atoms with van der Waals surface area (Å²) in [6.45, 7) is 1.33. The van der Waals surface area contributed by atoms with E-state index in [0.717, 1.165) is 0 Å². The molecular formula is C7H14N4O. The van der Waals surface area contributed by atoms with Gasteiger partial charge in [0, 0.05) is 13.1 Å². The minimum absolute atomic E-state index is 0.306. The molecule has 0 saturated carbocycles. The van der Waals surface area contributed by atoms with Crippen LogP contribution in [0.25, 0.3) is 0 Å². The van der Waals surface area contributed by atoms with Gasteiger partial charge in [0.15, 0.2) is 0 Å². The van der Waals surface area contributed by atoms with E-state index in [4.69, 9.17) is 0 Å². The molecule has 2 N–H and O–H groups in total. The summed E-state index contributed by atoms with van der Waals surface area (Å²) in [5.41, 5.74) is 0. The Bertz CT molecular complexity index is 199. The van der Waals surface area contributed by atoms with Gasteiger partial charge in [0.1, 0.15) is 12.7 Å². The topological polar surface area (TPSA) is 63.0 Å². The van der Waals surface area contributed by atoms with Gasteiger partial charge in [0.2, 0.25) is 0 Å². The number of hydrogen-bond donors (Lipinski definition) is 2. The third kappa shape index (κ3) is 2.98. The molecule has 0 saturated heterocycles. The molecule has 1 aromatic heterocycles. The smallest absolute Gasteiger partial charge is 0.137 e. The maximum absolute atomic E-state index is 9.32. The van der Waals surface area contributed by atoms with Crippen LogP contribution in [0, 0.1) is 0 Å². The van der Waals surface area contributed by atoms with Gasteiger partial charge in [0.25, 0.3) is 0 Å². The highest BCUT2D eigenvalue weighted by atomic mass is 16.3. The number of aliphatic hydroxyl groups is 1. The molecule has 5 nitrogen and oxygen atoms in total. The van der Waals surface area contributed by atoms with Gasteiger partial charge in [-0.25, -0.2) is 4.98 Å². The second-order valence-corrected chi connectivity index (χ2v) is 2.66. The number of aryl methyl sites for hydroxylation is 1. The average molecular weight is 170 g/mol. The molecule has 5 heteroatoms. The number of nitrogens with zero attached hydrogens (tertiary/aromatic N) is 3. The second kappa shape index (κ2) is 4.84. The summed E-state index contributed by atoms with van der Waals surface area (Å²) in [6.07, 6.45) is 3.53. The fourth-order valence-electron chi connectivity index (χ4n) is 0.967. The Labute approximate surface area is 71.4 Å². The Morgan fingerprint density at radius 3 is 3.08 bits per heavy atom. The van der Waals surface area contributed by atoms with Crippen LogP contribution < -0.4 is 5.32 Å². The van der Waals surface area contributed by atoms with E-state index in [-0.39, 0.29) is 6.10 Å². The molecule has 1 aromatic rings. The Morgan fingerprint density at radius 1 is 1.67 bits per heavy atom. The van der Waals surface area contributed by atoms with Crippen molar-refractivity contribution >= 4 is 0 Å². The van der Waals surface area contributed by atoms with Crippen molar-refractivity contribution in [3.8, 4) is 0 Å². The maximum Gasteiger partial charge on any atom is 0.137 e. The molecule has 0 aliphatic heterocycles. The molecule has 0 aliphatic carbocycles. The van der Waals surface area contributed by atoms with Gasteiger partial charge >= 0.3 is 0 Å². The summed E-state index contributed by atoms with van der Waals surface area (Å²) < 4.78 is 1.71. The average Bonchev–Trinajstić information content (AvgIpc) is 2.53. The fourth-order valence-corrected chi connectivity index (χ4v) is 0.967. The normalized spacial score (nSPS) is 13.2. The quantitative estimate of drug-likeness (QED) is 0.610. The molecule has 68 valence electrons. The third-order valence-electron chi connectivity index (χ3n) is 1.60. The van der Waals surface area contributed by atoms with Gasteiger partial charge in [-0.1, -0.05) is 0 Å². The molecule has 1 rings (SSSR count). The SMILES string of the molecule is CNCC(O)CCn1cncn1. The molecule has 0 fully saturated rings. The van der Waals surface area contributed by atoms with Gasteiger partial charge in [-0.05, 0) is 13.5 Å². The predicted octanol–water partition coefficient (Wildman–Crippen LogP) is -0.752. The van der Waals surface area contributed by atoms with Crippen molar-refractivity contribution in [3.05, 3.63) is 12.7 Å². The lowest BCUT2D eigenvalue weighted by Crippen LogP contribution is -2.24. The van der Waals surface area contributed by atoms with Crippen LogP contribution in [0.4, 0.5) is 0 Å². The van der Waals surface area contributed by atoms with E-state index < -0.39 is 0 Å². The molecule has 12 heavy (non-hydrogen) atoms. The van der Waals surface area contributed by atoms with Crippen molar-refractivity contribution in [2.24, 2.45) is 0 Å². The number of aliphatic hydroxyl groups excluding tert-OH is 1. The van der Waals surface area contributed by atoms with Crippen molar-refractivity contribution in [1.29, 1.82) is 0 Å². The summed E-state index contributed by atoms with van der Waals surface area (Å²) in [7, 11) is 1.82. The lowest BCUT2D eigenvalue weighted by Gasteiger charge is -2.08. The van der Waals surface area contributed by atoms with E-state index in [2.05, 4.69) is 15.4 Å². The van der Waals surface area contributed by atoms with Crippen LogP contribution in [0.15, 0.2) is 12.7 Å². The van der Waals surface area contributed by atoms with E-state index in [1.165, 1.54) is 6.33 Å². The van der Waals surface area contributed by atoms with Crippen LogP contribution in [-0.4, -0.2) is 39.6 Å². The number of likely N-dealkylation sites (N-methyl/N-ethyl adjacent to an activating group) is 1. The van der Waals surface area contributed by atoms with Crippen molar-refractivity contribution < 1.29 is 5.11 Å². The molecule has 0 amide bonds. The zero-order valence-electron chi connectivity index (χ0n) is 7.14. The van der Waals surface area contributed by atoms with Crippen molar-refractivity contribution in [2.45, 2.75) is 19.1 Å². The molecule has 1 heterocycles. The van der Waals surface area contributed by atoms with E-state index in [0.29, 0.717) is 19.5 Å². The summed E-state index contributed by atoms with van der Waals surface area (Å²) in [5, 5.41) is 16.1. The first-order chi connectivity index (χ1) is 5.83. The molecule has 0 bridgehead atoms. The van der Waals surface area contributed by atoms with Crippen LogP contribution >= 0.6 is 0 Å². The molecule has 0 radical (unpaired) electrons. The van der Waals surface area contributed by atoms with Gasteiger partial charge in [-0.2, -0.15) is 5.10 Å². The minimum atomic E-state index is -0.306. The van der Waals surface area contributed by atoms with Gasteiger partial charge in [0.05, 0.1) is 6.10 Å². The zero-order valence-corrected chi connectivity index (χ0v) is 7.14. The molecule has 0 aliphatic rings. The number of aromatic nitrogens is 3. The Kier molecular flexibility index (Phi) is 3.69. The lowest BCUT2D eigenvalue weighted by atomic mass is 10.2. The van der Waals surface area contributed by atoms with Crippen molar-refractivity contribution in [3.63, 3.8) is 0 Å². The lowest BCUT2D eigenvalue weighted by molar-refractivity contribution is 0.157. The van der Waals surface area contributed by atoms with E-state index in [9.17, 15) is 5.11 Å². The van der Waals surface area contributed by atoms with Crippen molar-refractivity contribution in [2.75, 3.05) is 13.6 Å². The molecule has 0 spiro atoms. The number of nitrogens with one attached hydrogen (secondary N) is 1. The van der Waals surface area contributed by atoms with Gasteiger partial charge < -0.3 is 10.4 Å². The molecular weight excluding hydrogens is 156 g/mol. The Balaban J connectivity index is 2.17. The van der Waals surface area contributed by atoms with E-state index in [1.807, 2.05) is 7.05 Å². The first-order valence-corrected chi connectivity index (χ1v) is 3.98. The fraction of sp³-hybridized carbons (Fsp3) is 0.714. The molecule has 1 atom stereocenters.